The summed E-state index contributed by atoms with van der Waals surface area (Å²) in [5.41, 5.74) is -0.345. The average Bonchev–Trinajstić information content (AvgIpc) is 3.49. The van der Waals surface area contributed by atoms with E-state index in [1.165, 1.54) is 44.9 Å². The van der Waals surface area contributed by atoms with Gasteiger partial charge in [0, 0.05) is 30.9 Å². The van der Waals surface area contributed by atoms with E-state index in [4.69, 9.17) is 19.4 Å². The number of ether oxygens (including phenoxy) is 2. The van der Waals surface area contributed by atoms with Gasteiger partial charge in [0.05, 0.1) is 23.4 Å². The Morgan fingerprint density at radius 2 is 1.57 bits per heavy atom. The van der Waals surface area contributed by atoms with E-state index in [1.807, 2.05) is 13.1 Å². The van der Waals surface area contributed by atoms with E-state index in [0.29, 0.717) is 38.0 Å². The molecule has 1 spiro atoms. The number of aromatic hydroxyl groups is 1. The van der Waals surface area contributed by atoms with Gasteiger partial charge in [-0.2, -0.15) is 13.2 Å². The van der Waals surface area contributed by atoms with Crippen LogP contribution in [0.4, 0.5) is 13.2 Å². The number of aliphatic hydroxyl groups is 1. The molecule has 1 aromatic carbocycles. The quantitative estimate of drug-likeness (QED) is 0.0541. The molecule has 11 nitrogen and oxygen atoms in total. The summed E-state index contributed by atoms with van der Waals surface area (Å²) in [5, 5.41) is 39.8. The van der Waals surface area contributed by atoms with Gasteiger partial charge in [-0.3, -0.25) is 14.4 Å². The van der Waals surface area contributed by atoms with Crippen LogP contribution in [0.15, 0.2) is 36.1 Å². The first-order valence-corrected chi connectivity index (χ1v) is 20.1. The van der Waals surface area contributed by atoms with Crippen molar-refractivity contribution in [2.24, 2.45) is 5.92 Å². The molecule has 1 saturated heterocycles. The molecule has 2 aliphatic heterocycles. The minimum atomic E-state index is -5.08. The Hall–Kier alpha value is -3.91. The number of likely N-dealkylation sites (tertiary alicyclic amines) is 1. The van der Waals surface area contributed by atoms with Crippen LogP contribution in [0, 0.1) is 5.92 Å². The third-order valence-corrected chi connectivity index (χ3v) is 11.8. The fourth-order valence-corrected chi connectivity index (χ4v) is 8.86. The highest BCUT2D eigenvalue weighted by molar-refractivity contribution is 5.87. The molecule has 5 rings (SSSR count). The van der Waals surface area contributed by atoms with E-state index in [0.717, 1.165) is 43.2 Å². The van der Waals surface area contributed by atoms with Gasteiger partial charge < -0.3 is 34.8 Å². The smallest absolute Gasteiger partial charge is 0.490 e. The zero-order valence-electron chi connectivity index (χ0n) is 32.6. The number of phenolic OH excluding ortho intramolecular Hbond substituents is 1. The number of Topliss-reactive ketones (excluding diaryl/α,β-unsaturated/α-hetero) is 1. The average molecular weight is 794 g/mol. The molecule has 2 aliphatic carbocycles. The van der Waals surface area contributed by atoms with Crippen molar-refractivity contribution in [3.8, 4) is 11.5 Å². The molecule has 1 aromatic rings. The number of benzene rings is 1. The van der Waals surface area contributed by atoms with Crippen LogP contribution in [0.2, 0.25) is 0 Å². The molecule has 0 aromatic heterocycles. The minimum absolute atomic E-state index is 0.0297. The summed E-state index contributed by atoms with van der Waals surface area (Å²) in [6.07, 6.45) is 16.4. The molecule has 4 aliphatic rings. The third kappa shape index (κ3) is 10.5. The minimum Gasteiger partial charge on any atom is -0.504 e. The van der Waals surface area contributed by atoms with E-state index < -0.39 is 53.5 Å². The summed E-state index contributed by atoms with van der Waals surface area (Å²) >= 11 is 0. The number of carbonyl (C=O) groups is 4. The fourth-order valence-electron chi connectivity index (χ4n) is 8.86. The molecule has 2 bridgehead atoms. The van der Waals surface area contributed by atoms with Crippen LogP contribution in [-0.2, 0) is 35.8 Å². The second-order valence-corrected chi connectivity index (χ2v) is 15.7. The summed E-state index contributed by atoms with van der Waals surface area (Å²) in [5.74, 6) is -5.49. The van der Waals surface area contributed by atoms with E-state index in [-0.39, 0.29) is 36.2 Å². The van der Waals surface area contributed by atoms with Crippen molar-refractivity contribution in [2.75, 3.05) is 13.6 Å². The number of allylic oxidation sites excluding steroid dienone is 2. The van der Waals surface area contributed by atoms with Crippen molar-refractivity contribution in [2.45, 2.75) is 158 Å². The Kier molecular flexibility index (Phi) is 16.0. The normalized spacial score (nSPS) is 24.0. The number of carboxylic acid groups (broad SMARTS) is 2. The second-order valence-electron chi connectivity index (χ2n) is 15.7. The number of nitrogens with zero attached hydrogens (tertiary/aromatic N) is 1. The number of esters is 1. The lowest BCUT2D eigenvalue weighted by Gasteiger charge is -2.61. The molecular formula is C42H58F3NO10. The van der Waals surface area contributed by atoms with Gasteiger partial charge in [0.15, 0.2) is 17.6 Å². The van der Waals surface area contributed by atoms with Crippen molar-refractivity contribution < 1.29 is 62.2 Å². The Morgan fingerprint density at radius 3 is 2.18 bits per heavy atom. The zero-order valence-corrected chi connectivity index (χ0v) is 32.6. The Labute approximate surface area is 326 Å². The Balaban J connectivity index is 0.000000908. The Bertz CT molecular complexity index is 1610. The number of carboxylic acids is 2. The summed E-state index contributed by atoms with van der Waals surface area (Å²) in [6.45, 7) is 2.93. The lowest BCUT2D eigenvalue weighted by atomic mass is 9.50. The van der Waals surface area contributed by atoms with Gasteiger partial charge in [-0.15, -0.1) is 0 Å². The van der Waals surface area contributed by atoms with Crippen molar-refractivity contribution in [3.63, 3.8) is 0 Å². The first-order valence-electron chi connectivity index (χ1n) is 20.1. The molecule has 0 unspecified atom stereocenters. The summed E-state index contributed by atoms with van der Waals surface area (Å²) < 4.78 is 44.0. The third-order valence-electron chi connectivity index (χ3n) is 11.8. The van der Waals surface area contributed by atoms with E-state index in [9.17, 15) is 42.9 Å². The van der Waals surface area contributed by atoms with Gasteiger partial charge in [-0.25, -0.2) is 4.79 Å². The van der Waals surface area contributed by atoms with Gasteiger partial charge in [0.25, 0.3) is 0 Å². The first kappa shape index (κ1) is 44.8. The summed E-state index contributed by atoms with van der Waals surface area (Å²) in [7, 11) is 2.00. The molecule has 1 fully saturated rings. The summed E-state index contributed by atoms with van der Waals surface area (Å²) in [4.78, 5) is 49.2. The molecule has 312 valence electrons. The molecule has 0 radical (unpaired) electrons. The Morgan fingerprint density at radius 1 is 0.964 bits per heavy atom. The largest absolute Gasteiger partial charge is 0.504 e. The fraction of sp³-hybridized carbons (Fsp3) is 0.667. The van der Waals surface area contributed by atoms with Gasteiger partial charge in [-0.1, -0.05) is 76.5 Å². The van der Waals surface area contributed by atoms with Crippen LogP contribution in [0.1, 0.15) is 134 Å². The van der Waals surface area contributed by atoms with Crippen LogP contribution in [-0.4, -0.2) is 86.5 Å². The molecule has 0 saturated carbocycles. The van der Waals surface area contributed by atoms with Crippen molar-refractivity contribution in [1.29, 1.82) is 0 Å². The highest BCUT2D eigenvalue weighted by atomic mass is 19.4. The number of likely N-dealkylation sites (N-methyl/N-ethyl adjacent to an activating group) is 1. The van der Waals surface area contributed by atoms with Gasteiger partial charge >= 0.3 is 24.1 Å². The number of piperidine rings is 1. The van der Waals surface area contributed by atoms with Gasteiger partial charge in [0.2, 0.25) is 0 Å². The van der Waals surface area contributed by atoms with Crippen LogP contribution in [0.3, 0.4) is 0 Å². The lowest BCUT2D eigenvalue weighted by molar-refractivity contribution is -0.192. The molecule has 5 atom stereocenters. The molecular weight excluding hydrogens is 735 g/mol. The number of hydrogen-bond donors (Lipinski definition) is 4. The maximum Gasteiger partial charge on any atom is 0.490 e. The SMILES string of the molecule is CCCCCCCC/C=C\CCCCCCCC(=O)C[C@@H](CC(=O)O)C(=O)OC1=CC[C@@]2(O)[C@H]3Cc4ccc(O)c5c4[C@@]2(CCN3C)[C@H]1O5.O=C(O)C(F)(F)F. The number of ketones is 1. The number of aliphatic carboxylic acids is 2. The van der Waals surface area contributed by atoms with Crippen molar-refractivity contribution in [3.05, 3.63) is 47.2 Å². The van der Waals surface area contributed by atoms with Gasteiger partial charge in [0.1, 0.15) is 11.5 Å². The van der Waals surface area contributed by atoms with E-state index >= 15 is 0 Å². The predicted molar refractivity (Wildman–Crippen MR) is 201 cm³/mol. The lowest BCUT2D eigenvalue weighted by Crippen LogP contribution is -2.74. The topological polar surface area (TPSA) is 171 Å². The van der Waals surface area contributed by atoms with Crippen LogP contribution in [0.25, 0.3) is 0 Å². The molecule has 4 N–H and O–H groups in total. The van der Waals surface area contributed by atoms with Crippen LogP contribution >= 0.6 is 0 Å². The van der Waals surface area contributed by atoms with Crippen molar-refractivity contribution >= 4 is 23.7 Å². The molecule has 2 heterocycles. The first-order chi connectivity index (χ1) is 26.6. The molecule has 0 amide bonds. The van der Waals surface area contributed by atoms with Gasteiger partial charge in [-0.05, 0) is 76.2 Å². The highest BCUT2D eigenvalue weighted by Gasteiger charge is 2.72. The van der Waals surface area contributed by atoms with E-state index in [1.54, 1.807) is 12.1 Å². The zero-order chi connectivity index (χ0) is 41.1. The van der Waals surface area contributed by atoms with Crippen LogP contribution < -0.4 is 4.74 Å². The maximum absolute atomic E-state index is 13.5. The maximum atomic E-state index is 13.5. The number of phenols is 1. The standard InChI is InChI=1S/C40H57NO8.C2HF3O2/c1-3-4-5-6-7-8-9-10-11-12-13-14-15-16-17-18-30(42)25-29(27-34(44)45)38(46)48-32-21-22-40(47)33-26-28-19-20-31(43)36-35(28)39(40,37(32)49-36)23-24-41(33)2;3-2(4,5)1(6)7/h10-11,19-21,29,33,37,43,47H,3-9,12-18,22-27H2,1-2H3,(H,44,45);(H,6,7)/b11-10-;/t29-,33+,37-,39-,40+;/m0./s1. The molecule has 56 heavy (non-hydrogen) atoms. The summed E-state index contributed by atoms with van der Waals surface area (Å²) in [6, 6.07) is 3.29. The second kappa shape index (κ2) is 20.0. The molecule has 14 heteroatoms. The van der Waals surface area contributed by atoms with E-state index in [2.05, 4.69) is 24.0 Å². The number of rotatable bonds is 21. The number of hydrogen-bond acceptors (Lipinski definition) is 9. The highest BCUT2D eigenvalue weighted by Crippen LogP contribution is 2.65. The van der Waals surface area contributed by atoms with Crippen molar-refractivity contribution in [1.82, 2.24) is 4.90 Å². The van der Waals surface area contributed by atoms with Crippen LogP contribution in [0.5, 0.6) is 11.5 Å². The number of alkyl halides is 3. The number of halogens is 3. The monoisotopic (exact) mass is 793 g/mol. The number of carbonyl (C=O) groups excluding carboxylic acids is 2. The number of unbranched alkanes of at least 4 members (excludes halogenated alkanes) is 11. The predicted octanol–water partition coefficient (Wildman–Crippen LogP) is 7.93.